The van der Waals surface area contributed by atoms with Gasteiger partial charge in [0, 0.05) is 0 Å². The third-order valence-corrected chi connectivity index (χ3v) is 3.93. The van der Waals surface area contributed by atoms with Crippen molar-refractivity contribution in [1.29, 1.82) is 0 Å². The van der Waals surface area contributed by atoms with Gasteiger partial charge in [-0.25, -0.2) is 0 Å². The van der Waals surface area contributed by atoms with Gasteiger partial charge in [-0.2, -0.15) is 13.2 Å². The van der Waals surface area contributed by atoms with Gasteiger partial charge in [0.1, 0.15) is 23.4 Å². The van der Waals surface area contributed by atoms with E-state index in [1.54, 1.807) is 45.0 Å². The van der Waals surface area contributed by atoms with E-state index in [0.29, 0.717) is 23.9 Å². The van der Waals surface area contributed by atoms with Gasteiger partial charge < -0.3 is 14.2 Å². The number of alkyl halides is 3. The molecule has 0 spiro atoms. The lowest BCUT2D eigenvalue weighted by Crippen LogP contribution is -2.29. The van der Waals surface area contributed by atoms with Crippen LogP contribution in [0.25, 0.3) is 0 Å². The quantitative estimate of drug-likeness (QED) is 0.596. The van der Waals surface area contributed by atoms with Crippen LogP contribution in [0.1, 0.15) is 26.3 Å². The zero-order chi connectivity index (χ0) is 20.0. The summed E-state index contributed by atoms with van der Waals surface area (Å²) >= 11 is 0. The van der Waals surface area contributed by atoms with E-state index in [1.165, 1.54) is 12.1 Å². The molecule has 2 atom stereocenters. The van der Waals surface area contributed by atoms with Crippen molar-refractivity contribution >= 4 is 5.97 Å². The van der Waals surface area contributed by atoms with Gasteiger partial charge in [0.15, 0.2) is 0 Å². The highest BCUT2D eigenvalue weighted by molar-refractivity contribution is 5.72. The number of carbonyl (C=O) groups is 1. The maximum Gasteiger partial charge on any atom is 0.416 e. The van der Waals surface area contributed by atoms with E-state index in [4.69, 9.17) is 14.2 Å². The monoisotopic (exact) mass is 382 g/mol. The summed E-state index contributed by atoms with van der Waals surface area (Å²) in [5, 5.41) is 0. The first-order valence-corrected chi connectivity index (χ1v) is 8.49. The molecule has 0 N–H and O–H groups in total. The van der Waals surface area contributed by atoms with Crippen molar-refractivity contribution in [2.75, 3.05) is 6.61 Å². The van der Waals surface area contributed by atoms with Crippen LogP contribution in [0.2, 0.25) is 0 Å². The van der Waals surface area contributed by atoms with Crippen molar-refractivity contribution in [3.05, 3.63) is 54.1 Å². The van der Waals surface area contributed by atoms with Crippen LogP contribution in [0.4, 0.5) is 13.2 Å². The molecule has 0 aliphatic heterocycles. The largest absolute Gasteiger partial charge is 0.490 e. The molecule has 0 amide bonds. The van der Waals surface area contributed by atoms with E-state index in [0.717, 1.165) is 12.1 Å². The molecule has 0 fully saturated rings. The molecular weight excluding hydrogens is 361 g/mol. The van der Waals surface area contributed by atoms with E-state index in [1.807, 2.05) is 0 Å². The third kappa shape index (κ3) is 5.91. The van der Waals surface area contributed by atoms with Gasteiger partial charge in [-0.15, -0.1) is 0 Å². The Balaban J connectivity index is 1.96. The highest BCUT2D eigenvalue weighted by Gasteiger charge is 2.30. The molecule has 0 saturated carbocycles. The Kier molecular flexibility index (Phi) is 6.71. The second-order valence-electron chi connectivity index (χ2n) is 5.96. The van der Waals surface area contributed by atoms with Crippen molar-refractivity contribution in [2.45, 2.75) is 33.1 Å². The fourth-order valence-corrected chi connectivity index (χ4v) is 2.22. The van der Waals surface area contributed by atoms with Crippen LogP contribution in [0, 0.1) is 5.92 Å². The first-order valence-electron chi connectivity index (χ1n) is 8.49. The van der Waals surface area contributed by atoms with Gasteiger partial charge in [-0.3, -0.25) is 4.79 Å². The Morgan fingerprint density at radius 2 is 1.41 bits per heavy atom. The van der Waals surface area contributed by atoms with Crippen LogP contribution < -0.4 is 9.47 Å². The van der Waals surface area contributed by atoms with Crippen molar-refractivity contribution in [2.24, 2.45) is 5.92 Å². The van der Waals surface area contributed by atoms with Crippen LogP contribution in [0.15, 0.2) is 48.5 Å². The Bertz CT molecular complexity index is 739. The fraction of sp³-hybridized carbons (Fsp3) is 0.350. The summed E-state index contributed by atoms with van der Waals surface area (Å²) in [6.45, 7) is 5.55. The normalized spacial score (nSPS) is 13.6. The summed E-state index contributed by atoms with van der Waals surface area (Å²) in [6, 6.07) is 11.0. The number of carbonyl (C=O) groups excluding carboxylic acids is 1. The molecule has 7 heteroatoms. The molecular formula is C20H21F3O4. The van der Waals surface area contributed by atoms with Gasteiger partial charge in [-0.05, 0) is 69.3 Å². The molecule has 0 radical (unpaired) electrons. The molecule has 2 aromatic rings. The predicted molar refractivity (Wildman–Crippen MR) is 93.8 cm³/mol. The Morgan fingerprint density at radius 3 is 1.89 bits per heavy atom. The zero-order valence-corrected chi connectivity index (χ0v) is 15.2. The topological polar surface area (TPSA) is 44.8 Å². The van der Waals surface area contributed by atoms with Gasteiger partial charge in [-0.1, -0.05) is 0 Å². The van der Waals surface area contributed by atoms with Crippen LogP contribution in [-0.4, -0.2) is 18.7 Å². The van der Waals surface area contributed by atoms with E-state index >= 15 is 0 Å². The number of hydrogen-bond acceptors (Lipinski definition) is 4. The van der Waals surface area contributed by atoms with Gasteiger partial charge in [0.2, 0.25) is 0 Å². The molecule has 0 saturated heterocycles. The van der Waals surface area contributed by atoms with E-state index in [9.17, 15) is 18.0 Å². The molecule has 2 aromatic carbocycles. The lowest BCUT2D eigenvalue weighted by atomic mass is 10.1. The van der Waals surface area contributed by atoms with E-state index in [2.05, 4.69) is 0 Å². The summed E-state index contributed by atoms with van der Waals surface area (Å²) in [6.07, 6.45) is -4.76. The Hall–Kier alpha value is -2.70. The first-order chi connectivity index (χ1) is 12.7. The van der Waals surface area contributed by atoms with Gasteiger partial charge in [0.25, 0.3) is 0 Å². The van der Waals surface area contributed by atoms with Crippen LogP contribution in [-0.2, 0) is 15.7 Å². The van der Waals surface area contributed by atoms with Crippen molar-refractivity contribution < 1.29 is 32.2 Å². The maximum absolute atomic E-state index is 12.6. The van der Waals surface area contributed by atoms with E-state index in [-0.39, 0.29) is 12.1 Å². The summed E-state index contributed by atoms with van der Waals surface area (Å²) in [4.78, 5) is 11.7. The minimum absolute atomic E-state index is 0.293. The SMILES string of the molecule is CCOC(=O)C(C)C(C)Oc1ccc(Oc2ccc(C(F)(F)F)cc2)cc1. The number of esters is 1. The van der Waals surface area contributed by atoms with Crippen molar-refractivity contribution in [3.8, 4) is 17.2 Å². The van der Waals surface area contributed by atoms with Gasteiger partial charge >= 0.3 is 12.1 Å². The van der Waals surface area contributed by atoms with Crippen molar-refractivity contribution in [1.82, 2.24) is 0 Å². The molecule has 2 unspecified atom stereocenters. The van der Waals surface area contributed by atoms with E-state index < -0.39 is 17.7 Å². The Morgan fingerprint density at radius 1 is 0.926 bits per heavy atom. The minimum Gasteiger partial charge on any atom is -0.490 e. The summed E-state index contributed by atoms with van der Waals surface area (Å²) in [5.74, 6) is 0.535. The number of halogens is 3. The third-order valence-electron chi connectivity index (χ3n) is 3.93. The summed E-state index contributed by atoms with van der Waals surface area (Å²) in [5.41, 5.74) is -0.733. The highest BCUT2D eigenvalue weighted by Crippen LogP contribution is 2.31. The number of hydrogen-bond donors (Lipinski definition) is 0. The number of rotatable bonds is 7. The van der Waals surface area contributed by atoms with Gasteiger partial charge in [0.05, 0.1) is 18.1 Å². The molecule has 0 heterocycles. The molecule has 2 rings (SSSR count). The lowest BCUT2D eigenvalue weighted by Gasteiger charge is -2.20. The van der Waals surface area contributed by atoms with Crippen LogP contribution >= 0.6 is 0 Å². The molecule has 146 valence electrons. The van der Waals surface area contributed by atoms with Crippen LogP contribution in [0.5, 0.6) is 17.2 Å². The molecule has 4 nitrogen and oxygen atoms in total. The average molecular weight is 382 g/mol. The summed E-state index contributed by atoms with van der Waals surface area (Å²) in [7, 11) is 0. The fourth-order valence-electron chi connectivity index (χ4n) is 2.22. The molecule has 0 aliphatic rings. The Labute approximate surface area is 155 Å². The standard InChI is InChI=1S/C20H21F3O4/c1-4-25-19(24)13(2)14(3)26-16-9-11-18(12-10-16)27-17-7-5-15(6-8-17)20(21,22)23/h5-14H,4H2,1-3H3. The summed E-state index contributed by atoms with van der Waals surface area (Å²) < 4.78 is 53.9. The lowest BCUT2D eigenvalue weighted by molar-refractivity contribution is -0.150. The molecule has 0 aliphatic carbocycles. The van der Waals surface area contributed by atoms with Crippen molar-refractivity contribution in [3.63, 3.8) is 0 Å². The first kappa shape index (κ1) is 20.6. The molecule has 0 bridgehead atoms. The highest BCUT2D eigenvalue weighted by atomic mass is 19.4. The smallest absolute Gasteiger partial charge is 0.416 e. The second-order valence-corrected chi connectivity index (χ2v) is 5.96. The molecule has 27 heavy (non-hydrogen) atoms. The van der Waals surface area contributed by atoms with Crippen LogP contribution in [0.3, 0.4) is 0 Å². The predicted octanol–water partition coefficient (Wildman–Crippen LogP) is 5.46. The number of ether oxygens (including phenoxy) is 3. The second kappa shape index (κ2) is 8.79. The maximum atomic E-state index is 12.6. The zero-order valence-electron chi connectivity index (χ0n) is 15.2. The minimum atomic E-state index is -4.38. The average Bonchev–Trinajstić information content (AvgIpc) is 2.62. The number of benzene rings is 2. The molecule has 0 aromatic heterocycles.